The largest absolute Gasteiger partial charge is 0.491 e. The van der Waals surface area contributed by atoms with E-state index in [-0.39, 0.29) is 0 Å². The van der Waals surface area contributed by atoms with E-state index in [1.54, 1.807) is 0 Å². The van der Waals surface area contributed by atoms with Gasteiger partial charge in [0.1, 0.15) is 12.4 Å². The van der Waals surface area contributed by atoms with Gasteiger partial charge in [-0.15, -0.1) is 0 Å². The van der Waals surface area contributed by atoms with Gasteiger partial charge in [0.05, 0.1) is 6.61 Å². The van der Waals surface area contributed by atoms with E-state index in [4.69, 9.17) is 9.47 Å². The molecular weight excluding hydrogens is 238 g/mol. The molecule has 0 fully saturated rings. The molecule has 0 spiro atoms. The fourth-order valence-electron chi connectivity index (χ4n) is 2.00. The lowest BCUT2D eigenvalue weighted by atomic mass is 10.0. The molecule has 0 bridgehead atoms. The van der Waals surface area contributed by atoms with Crippen LogP contribution in [0.2, 0.25) is 0 Å². The number of hydrogen-bond acceptors (Lipinski definition) is 3. The highest BCUT2D eigenvalue weighted by Crippen LogP contribution is 2.21. The number of ether oxygens (including phenoxy) is 2. The predicted molar refractivity (Wildman–Crippen MR) is 79.8 cm³/mol. The molecule has 0 aliphatic carbocycles. The maximum atomic E-state index is 5.70. The van der Waals surface area contributed by atoms with Gasteiger partial charge < -0.3 is 14.8 Å². The van der Waals surface area contributed by atoms with E-state index in [2.05, 4.69) is 37.4 Å². The quantitative estimate of drug-likeness (QED) is 0.656. The summed E-state index contributed by atoms with van der Waals surface area (Å²) in [7, 11) is 0. The lowest BCUT2D eigenvalue weighted by molar-refractivity contribution is 0.110. The molecular formula is C16H27NO2. The van der Waals surface area contributed by atoms with Crippen molar-refractivity contribution in [1.82, 2.24) is 5.32 Å². The number of benzene rings is 1. The first-order chi connectivity index (χ1) is 9.31. The van der Waals surface area contributed by atoms with Gasteiger partial charge >= 0.3 is 0 Å². The zero-order chi connectivity index (χ0) is 13.9. The van der Waals surface area contributed by atoms with Crippen molar-refractivity contribution in [2.75, 3.05) is 26.4 Å². The molecule has 0 aliphatic rings. The second kappa shape index (κ2) is 9.82. The minimum Gasteiger partial charge on any atom is -0.491 e. The fourth-order valence-corrected chi connectivity index (χ4v) is 2.00. The fraction of sp³-hybridized carbons (Fsp3) is 0.625. The lowest BCUT2D eigenvalue weighted by Gasteiger charge is -2.18. The van der Waals surface area contributed by atoms with Crippen LogP contribution in [0.5, 0.6) is 5.75 Å². The highest BCUT2D eigenvalue weighted by Gasteiger charge is 2.08. The van der Waals surface area contributed by atoms with Gasteiger partial charge in [-0.2, -0.15) is 0 Å². The third-order valence-electron chi connectivity index (χ3n) is 3.01. The Morgan fingerprint density at radius 2 is 2.00 bits per heavy atom. The van der Waals surface area contributed by atoms with Gasteiger partial charge in [0.2, 0.25) is 0 Å². The Morgan fingerprint density at radius 1 is 1.16 bits per heavy atom. The van der Waals surface area contributed by atoms with Crippen LogP contribution in [0, 0.1) is 0 Å². The summed E-state index contributed by atoms with van der Waals surface area (Å²) in [6, 6.07) is 8.76. The van der Waals surface area contributed by atoms with Gasteiger partial charge in [0.15, 0.2) is 0 Å². The van der Waals surface area contributed by atoms with Gasteiger partial charge in [-0.25, -0.2) is 0 Å². The summed E-state index contributed by atoms with van der Waals surface area (Å²) in [5, 5.41) is 3.56. The molecule has 1 unspecified atom stereocenters. The average Bonchev–Trinajstić information content (AvgIpc) is 2.45. The second-order valence-electron chi connectivity index (χ2n) is 4.53. The molecule has 1 aromatic carbocycles. The van der Waals surface area contributed by atoms with Crippen LogP contribution in [0.1, 0.15) is 45.2 Å². The average molecular weight is 265 g/mol. The summed E-state index contributed by atoms with van der Waals surface area (Å²) >= 11 is 0. The summed E-state index contributed by atoms with van der Waals surface area (Å²) in [4.78, 5) is 0. The van der Waals surface area contributed by atoms with Gasteiger partial charge in [0.25, 0.3) is 0 Å². The molecule has 3 heteroatoms. The van der Waals surface area contributed by atoms with Crippen LogP contribution in [0.15, 0.2) is 24.3 Å². The Hall–Kier alpha value is -1.06. The lowest BCUT2D eigenvalue weighted by Crippen LogP contribution is -2.21. The minimum atomic E-state index is 0.412. The second-order valence-corrected chi connectivity index (χ2v) is 4.53. The van der Waals surface area contributed by atoms with E-state index in [1.165, 1.54) is 5.56 Å². The van der Waals surface area contributed by atoms with E-state index in [1.807, 2.05) is 13.0 Å². The van der Waals surface area contributed by atoms with Gasteiger partial charge in [-0.1, -0.05) is 26.0 Å². The Bertz CT molecular complexity index is 341. The van der Waals surface area contributed by atoms with E-state index < -0.39 is 0 Å². The molecule has 0 heterocycles. The summed E-state index contributed by atoms with van der Waals surface area (Å²) in [5.74, 6) is 0.925. The minimum absolute atomic E-state index is 0.412. The number of hydrogen-bond donors (Lipinski definition) is 1. The first-order valence-corrected chi connectivity index (χ1v) is 7.35. The normalized spacial score (nSPS) is 12.4. The molecule has 0 radical (unpaired) electrons. The predicted octanol–water partition coefficient (Wildman–Crippen LogP) is 3.55. The summed E-state index contributed by atoms with van der Waals surface area (Å²) in [6.07, 6.45) is 2.24. The standard InChI is InChI=1S/C16H27NO2/c1-4-10-17-16(5-2)14-8-7-9-15(13-14)19-12-11-18-6-3/h7-9,13,16-17H,4-6,10-12H2,1-3H3. The molecule has 0 saturated carbocycles. The maximum Gasteiger partial charge on any atom is 0.119 e. The third-order valence-corrected chi connectivity index (χ3v) is 3.01. The molecule has 19 heavy (non-hydrogen) atoms. The number of rotatable bonds is 10. The van der Waals surface area contributed by atoms with Gasteiger partial charge in [-0.05, 0) is 44.0 Å². The van der Waals surface area contributed by atoms with Crippen LogP contribution in [-0.4, -0.2) is 26.4 Å². The Balaban J connectivity index is 2.54. The monoisotopic (exact) mass is 265 g/mol. The van der Waals surface area contributed by atoms with Crippen LogP contribution in [0.25, 0.3) is 0 Å². The topological polar surface area (TPSA) is 30.5 Å². The smallest absolute Gasteiger partial charge is 0.119 e. The van der Waals surface area contributed by atoms with Crippen molar-refractivity contribution in [3.63, 3.8) is 0 Å². The molecule has 1 N–H and O–H groups in total. The third kappa shape index (κ3) is 6.08. The highest BCUT2D eigenvalue weighted by atomic mass is 16.5. The Morgan fingerprint density at radius 3 is 2.68 bits per heavy atom. The van der Waals surface area contributed by atoms with Crippen molar-refractivity contribution in [2.24, 2.45) is 0 Å². The van der Waals surface area contributed by atoms with Crippen molar-refractivity contribution in [2.45, 2.75) is 39.7 Å². The molecule has 1 atom stereocenters. The van der Waals surface area contributed by atoms with Crippen LogP contribution in [-0.2, 0) is 4.74 Å². The zero-order valence-electron chi connectivity index (χ0n) is 12.4. The molecule has 1 rings (SSSR count). The van der Waals surface area contributed by atoms with Crippen molar-refractivity contribution >= 4 is 0 Å². The van der Waals surface area contributed by atoms with Gasteiger partial charge in [0, 0.05) is 12.6 Å². The SMILES string of the molecule is CCCNC(CC)c1cccc(OCCOCC)c1. The molecule has 0 aliphatic heterocycles. The van der Waals surface area contributed by atoms with Crippen molar-refractivity contribution in [1.29, 1.82) is 0 Å². The molecule has 0 aromatic heterocycles. The van der Waals surface area contributed by atoms with Gasteiger partial charge in [-0.3, -0.25) is 0 Å². The summed E-state index contributed by atoms with van der Waals surface area (Å²) < 4.78 is 11.0. The summed E-state index contributed by atoms with van der Waals surface area (Å²) in [6.45, 7) is 9.42. The van der Waals surface area contributed by atoms with E-state index in [9.17, 15) is 0 Å². The van der Waals surface area contributed by atoms with Crippen molar-refractivity contribution in [3.05, 3.63) is 29.8 Å². The zero-order valence-corrected chi connectivity index (χ0v) is 12.4. The first-order valence-electron chi connectivity index (χ1n) is 7.35. The molecule has 3 nitrogen and oxygen atoms in total. The van der Waals surface area contributed by atoms with Crippen LogP contribution in [0.3, 0.4) is 0 Å². The highest BCUT2D eigenvalue weighted by molar-refractivity contribution is 5.30. The molecule has 0 amide bonds. The molecule has 108 valence electrons. The van der Waals surface area contributed by atoms with E-state index >= 15 is 0 Å². The van der Waals surface area contributed by atoms with E-state index in [0.717, 1.165) is 31.7 Å². The maximum absolute atomic E-state index is 5.70. The van der Waals surface area contributed by atoms with Crippen molar-refractivity contribution < 1.29 is 9.47 Å². The Kier molecular flexibility index (Phi) is 8.26. The van der Waals surface area contributed by atoms with Crippen LogP contribution >= 0.6 is 0 Å². The van der Waals surface area contributed by atoms with Crippen LogP contribution < -0.4 is 10.1 Å². The van der Waals surface area contributed by atoms with E-state index in [0.29, 0.717) is 19.3 Å². The van der Waals surface area contributed by atoms with Crippen molar-refractivity contribution in [3.8, 4) is 5.75 Å². The first kappa shape index (κ1) is 16.0. The van der Waals surface area contributed by atoms with Crippen LogP contribution in [0.4, 0.5) is 0 Å². The summed E-state index contributed by atoms with van der Waals surface area (Å²) in [5.41, 5.74) is 1.30. The molecule has 0 saturated heterocycles. The Labute approximate surface area is 117 Å². The molecule has 1 aromatic rings. The number of nitrogens with one attached hydrogen (secondary N) is 1.